The highest BCUT2D eigenvalue weighted by Gasteiger charge is 2.25. The number of phosphoric acid groups is 1. The van der Waals surface area contributed by atoms with Gasteiger partial charge in [-0.05, 0) is 32.1 Å². The summed E-state index contributed by atoms with van der Waals surface area (Å²) in [6.45, 7) is 3.63. The number of carbonyl (C=O) groups excluding carboxylic acids is 2. The molecule has 0 bridgehead atoms. The zero-order valence-corrected chi connectivity index (χ0v) is 26.9. The molecule has 0 aromatic carbocycles. The van der Waals surface area contributed by atoms with Crippen molar-refractivity contribution in [3.63, 3.8) is 0 Å². The number of ether oxygens (including phenoxy) is 2. The maximum Gasteiger partial charge on any atom is 0.472 e. The Hall–Kier alpha value is -1.25. The third-order valence-electron chi connectivity index (χ3n) is 6.65. The van der Waals surface area contributed by atoms with Gasteiger partial charge in [0.1, 0.15) is 6.61 Å². The second-order valence-electron chi connectivity index (χ2n) is 10.7. The standard InChI is InChI=1S/C31H60NO8P/c1-3-5-7-9-11-13-14-16-17-19-21-23-30(33)37-27-29(28-39-41(35,36)38-26-25-32)40-31(34)24-22-20-18-15-12-10-8-6-4-2/h9,11,29H,3-8,10,12-28,32H2,1-2H3,(H,35,36)/b11-9-/t29-/m1/s1. The van der Waals surface area contributed by atoms with Crippen LogP contribution in [0.15, 0.2) is 12.2 Å². The van der Waals surface area contributed by atoms with Gasteiger partial charge in [-0.1, -0.05) is 109 Å². The highest BCUT2D eigenvalue weighted by Crippen LogP contribution is 2.43. The van der Waals surface area contributed by atoms with Crippen LogP contribution in [0.3, 0.4) is 0 Å². The Kier molecular flexibility index (Phi) is 28.0. The molecule has 0 heterocycles. The van der Waals surface area contributed by atoms with Crippen LogP contribution in [0.5, 0.6) is 0 Å². The summed E-state index contributed by atoms with van der Waals surface area (Å²) in [5, 5.41) is 0. The fourth-order valence-electron chi connectivity index (χ4n) is 4.20. The maximum absolute atomic E-state index is 12.4. The molecule has 0 radical (unpaired) electrons. The zero-order chi connectivity index (χ0) is 30.4. The van der Waals surface area contributed by atoms with Crippen LogP contribution in [-0.4, -0.2) is 49.3 Å². The topological polar surface area (TPSA) is 134 Å². The van der Waals surface area contributed by atoms with E-state index in [1.807, 2.05) is 0 Å². The average Bonchev–Trinajstić information content (AvgIpc) is 2.95. The van der Waals surface area contributed by atoms with Crippen molar-refractivity contribution in [2.45, 2.75) is 148 Å². The maximum atomic E-state index is 12.4. The van der Waals surface area contributed by atoms with Crippen molar-refractivity contribution in [2.24, 2.45) is 5.73 Å². The van der Waals surface area contributed by atoms with Gasteiger partial charge in [0.15, 0.2) is 6.10 Å². The molecular weight excluding hydrogens is 545 g/mol. The van der Waals surface area contributed by atoms with Gasteiger partial charge < -0.3 is 20.1 Å². The number of unbranched alkanes of at least 4 members (excludes halogenated alkanes) is 15. The first kappa shape index (κ1) is 39.8. The van der Waals surface area contributed by atoms with Crippen LogP contribution in [0.1, 0.15) is 142 Å². The quantitative estimate of drug-likeness (QED) is 0.0362. The van der Waals surface area contributed by atoms with Crippen LogP contribution < -0.4 is 5.73 Å². The van der Waals surface area contributed by atoms with Crippen molar-refractivity contribution in [1.82, 2.24) is 0 Å². The Bertz CT molecular complexity index is 704. The summed E-state index contributed by atoms with van der Waals surface area (Å²) in [6, 6.07) is 0. The summed E-state index contributed by atoms with van der Waals surface area (Å²) >= 11 is 0. The van der Waals surface area contributed by atoms with E-state index >= 15 is 0 Å². The molecule has 3 N–H and O–H groups in total. The van der Waals surface area contributed by atoms with E-state index in [0.29, 0.717) is 6.42 Å². The van der Waals surface area contributed by atoms with Crippen molar-refractivity contribution >= 4 is 19.8 Å². The lowest BCUT2D eigenvalue weighted by Gasteiger charge is -2.19. The molecule has 0 rings (SSSR count). The molecule has 41 heavy (non-hydrogen) atoms. The molecule has 0 amide bonds. The van der Waals surface area contributed by atoms with Crippen LogP contribution in [0, 0.1) is 0 Å². The van der Waals surface area contributed by atoms with E-state index in [-0.39, 0.29) is 32.6 Å². The largest absolute Gasteiger partial charge is 0.472 e. The summed E-state index contributed by atoms with van der Waals surface area (Å²) < 4.78 is 32.4. The van der Waals surface area contributed by atoms with Gasteiger partial charge >= 0.3 is 19.8 Å². The molecule has 0 fully saturated rings. The molecule has 242 valence electrons. The first-order valence-corrected chi connectivity index (χ1v) is 17.7. The number of carbonyl (C=O) groups is 2. The number of esters is 2. The molecule has 10 heteroatoms. The lowest BCUT2D eigenvalue weighted by Crippen LogP contribution is -2.29. The van der Waals surface area contributed by atoms with E-state index < -0.39 is 32.5 Å². The molecule has 2 atom stereocenters. The molecule has 0 aliphatic rings. The normalized spacial score (nSPS) is 13.8. The lowest BCUT2D eigenvalue weighted by atomic mass is 10.1. The van der Waals surface area contributed by atoms with Crippen LogP contribution in [0.4, 0.5) is 0 Å². The summed E-state index contributed by atoms with van der Waals surface area (Å²) in [5.74, 6) is -0.844. The molecule has 0 aromatic rings. The predicted octanol–water partition coefficient (Wildman–Crippen LogP) is 7.93. The third-order valence-corrected chi connectivity index (χ3v) is 7.64. The van der Waals surface area contributed by atoms with Gasteiger partial charge in [0, 0.05) is 19.4 Å². The minimum absolute atomic E-state index is 0.0543. The van der Waals surface area contributed by atoms with Gasteiger partial charge in [-0.25, -0.2) is 4.57 Å². The van der Waals surface area contributed by atoms with Crippen LogP contribution in [0.25, 0.3) is 0 Å². The average molecular weight is 606 g/mol. The molecule has 0 aromatic heterocycles. The Morgan fingerprint density at radius 2 is 1.22 bits per heavy atom. The fraction of sp³-hybridized carbons (Fsp3) is 0.871. The van der Waals surface area contributed by atoms with E-state index in [1.54, 1.807) is 0 Å². The highest BCUT2D eigenvalue weighted by atomic mass is 31.2. The Balaban J connectivity index is 4.32. The monoisotopic (exact) mass is 605 g/mol. The summed E-state index contributed by atoms with van der Waals surface area (Å²) in [7, 11) is -4.36. The Morgan fingerprint density at radius 1 is 0.707 bits per heavy atom. The first-order valence-electron chi connectivity index (χ1n) is 16.2. The zero-order valence-electron chi connectivity index (χ0n) is 26.0. The number of hydrogen-bond donors (Lipinski definition) is 2. The van der Waals surface area contributed by atoms with Crippen molar-refractivity contribution < 1.29 is 37.6 Å². The number of hydrogen-bond acceptors (Lipinski definition) is 8. The lowest BCUT2D eigenvalue weighted by molar-refractivity contribution is -0.161. The number of nitrogens with two attached hydrogens (primary N) is 1. The van der Waals surface area contributed by atoms with Gasteiger partial charge in [0.05, 0.1) is 13.2 Å². The molecule has 0 aliphatic carbocycles. The van der Waals surface area contributed by atoms with Crippen molar-refractivity contribution in [3.05, 3.63) is 12.2 Å². The van der Waals surface area contributed by atoms with Gasteiger partial charge in [-0.2, -0.15) is 0 Å². The number of rotatable bonds is 30. The third kappa shape index (κ3) is 28.6. The molecule has 0 spiro atoms. The molecular formula is C31H60NO8P. The molecule has 0 saturated heterocycles. The van der Waals surface area contributed by atoms with Crippen LogP contribution in [-0.2, 0) is 32.7 Å². The molecule has 0 aliphatic heterocycles. The fourth-order valence-corrected chi connectivity index (χ4v) is 4.97. The van der Waals surface area contributed by atoms with Crippen LogP contribution in [0.2, 0.25) is 0 Å². The second-order valence-corrected chi connectivity index (χ2v) is 12.1. The molecule has 9 nitrogen and oxygen atoms in total. The first-order chi connectivity index (χ1) is 19.8. The Labute approximate surface area is 249 Å². The SMILES string of the molecule is CCCC/C=C\CCCCCCCC(=O)OC[C@H](COP(=O)(O)OCCN)OC(=O)CCCCCCCCCCC. The highest BCUT2D eigenvalue weighted by molar-refractivity contribution is 7.47. The smallest absolute Gasteiger partial charge is 0.462 e. The van der Waals surface area contributed by atoms with E-state index in [9.17, 15) is 19.0 Å². The minimum Gasteiger partial charge on any atom is -0.462 e. The second kappa shape index (κ2) is 28.9. The van der Waals surface area contributed by atoms with E-state index in [1.165, 1.54) is 44.9 Å². The summed E-state index contributed by atoms with van der Waals surface area (Å²) in [5.41, 5.74) is 5.30. The van der Waals surface area contributed by atoms with Crippen molar-refractivity contribution in [1.29, 1.82) is 0 Å². The van der Waals surface area contributed by atoms with E-state index in [4.69, 9.17) is 24.3 Å². The van der Waals surface area contributed by atoms with Gasteiger partial charge in [-0.15, -0.1) is 0 Å². The van der Waals surface area contributed by atoms with Gasteiger partial charge in [0.25, 0.3) is 0 Å². The molecule has 0 saturated carbocycles. The van der Waals surface area contributed by atoms with Gasteiger partial charge in [-0.3, -0.25) is 18.6 Å². The minimum atomic E-state index is -4.36. The van der Waals surface area contributed by atoms with E-state index in [0.717, 1.165) is 64.2 Å². The summed E-state index contributed by atoms with van der Waals surface area (Å²) in [6.07, 6.45) is 23.9. The Morgan fingerprint density at radius 3 is 1.80 bits per heavy atom. The van der Waals surface area contributed by atoms with Crippen LogP contribution >= 0.6 is 7.82 Å². The van der Waals surface area contributed by atoms with E-state index in [2.05, 4.69) is 26.0 Å². The predicted molar refractivity (Wildman–Crippen MR) is 164 cm³/mol. The van der Waals surface area contributed by atoms with Crippen molar-refractivity contribution in [2.75, 3.05) is 26.4 Å². The van der Waals surface area contributed by atoms with Gasteiger partial charge in [0.2, 0.25) is 0 Å². The molecule has 1 unspecified atom stereocenters. The summed E-state index contributed by atoms with van der Waals surface area (Å²) in [4.78, 5) is 34.4. The number of phosphoric ester groups is 1. The van der Waals surface area contributed by atoms with Crippen molar-refractivity contribution in [3.8, 4) is 0 Å². The number of allylic oxidation sites excluding steroid dienone is 2.